The van der Waals surface area contributed by atoms with Crippen molar-refractivity contribution in [2.75, 3.05) is 6.54 Å². The van der Waals surface area contributed by atoms with Crippen LogP contribution in [0.25, 0.3) is 5.57 Å². The van der Waals surface area contributed by atoms with Crippen molar-refractivity contribution in [3.05, 3.63) is 35.4 Å². The third-order valence-electron chi connectivity index (χ3n) is 1.80. The number of halogens is 3. The molecule has 15 heavy (non-hydrogen) atoms. The highest BCUT2D eigenvalue weighted by atomic mass is 35.5. The molecule has 0 aliphatic heterocycles. The summed E-state index contributed by atoms with van der Waals surface area (Å²) in [6.07, 6.45) is 0. The highest BCUT2D eigenvalue weighted by molar-refractivity contribution is 6.32. The molecule has 1 rings (SSSR count). The van der Waals surface area contributed by atoms with Crippen LogP contribution in [0.1, 0.15) is 5.56 Å². The molecule has 5 heteroatoms. The second kappa shape index (κ2) is 5.09. The van der Waals surface area contributed by atoms with Gasteiger partial charge in [-0.1, -0.05) is 24.2 Å². The van der Waals surface area contributed by atoms with Crippen molar-refractivity contribution in [2.45, 2.75) is 6.61 Å². The van der Waals surface area contributed by atoms with Crippen molar-refractivity contribution in [1.82, 2.24) is 0 Å². The first-order valence-corrected chi connectivity index (χ1v) is 4.55. The van der Waals surface area contributed by atoms with Crippen LogP contribution in [0.5, 0.6) is 5.75 Å². The minimum absolute atomic E-state index is 0.0553. The van der Waals surface area contributed by atoms with Gasteiger partial charge in [0.15, 0.2) is 0 Å². The Balaban J connectivity index is 2.93. The summed E-state index contributed by atoms with van der Waals surface area (Å²) in [7, 11) is 0. The van der Waals surface area contributed by atoms with Gasteiger partial charge in [0.1, 0.15) is 5.75 Å². The van der Waals surface area contributed by atoms with Gasteiger partial charge in [-0.2, -0.15) is 8.78 Å². The second-order valence-corrected chi connectivity index (χ2v) is 3.24. The largest absolute Gasteiger partial charge is 0.433 e. The molecule has 0 fully saturated rings. The summed E-state index contributed by atoms with van der Waals surface area (Å²) >= 11 is 5.73. The predicted octanol–water partition coefficient (Wildman–Crippen LogP) is 2.91. The van der Waals surface area contributed by atoms with Crippen LogP contribution in [-0.2, 0) is 0 Å². The third kappa shape index (κ3) is 3.18. The topological polar surface area (TPSA) is 35.2 Å². The second-order valence-electron chi connectivity index (χ2n) is 2.83. The molecule has 0 heterocycles. The number of ether oxygens (including phenoxy) is 1. The first-order chi connectivity index (χ1) is 7.04. The van der Waals surface area contributed by atoms with E-state index >= 15 is 0 Å². The van der Waals surface area contributed by atoms with E-state index in [4.69, 9.17) is 17.3 Å². The van der Waals surface area contributed by atoms with Gasteiger partial charge in [-0.3, -0.25) is 0 Å². The summed E-state index contributed by atoms with van der Waals surface area (Å²) < 4.78 is 28.0. The summed E-state index contributed by atoms with van der Waals surface area (Å²) in [5.41, 5.74) is 6.77. The van der Waals surface area contributed by atoms with E-state index in [0.717, 1.165) is 0 Å². The fourth-order valence-electron chi connectivity index (χ4n) is 1.03. The fraction of sp³-hybridized carbons (Fsp3) is 0.200. The Morgan fingerprint density at radius 2 is 2.20 bits per heavy atom. The lowest BCUT2D eigenvalue weighted by atomic mass is 10.1. The average Bonchev–Trinajstić information content (AvgIpc) is 2.19. The summed E-state index contributed by atoms with van der Waals surface area (Å²) in [6.45, 7) is 1.10. The number of hydrogen-bond acceptors (Lipinski definition) is 2. The van der Waals surface area contributed by atoms with Crippen LogP contribution in [0.4, 0.5) is 8.78 Å². The minimum atomic E-state index is -2.88. The van der Waals surface area contributed by atoms with Crippen molar-refractivity contribution in [1.29, 1.82) is 0 Å². The van der Waals surface area contributed by atoms with Crippen LogP contribution in [0.3, 0.4) is 0 Å². The van der Waals surface area contributed by atoms with Crippen molar-refractivity contribution in [3.8, 4) is 5.75 Å². The summed E-state index contributed by atoms with van der Waals surface area (Å²) in [4.78, 5) is 0. The van der Waals surface area contributed by atoms with Crippen molar-refractivity contribution >= 4 is 17.2 Å². The lowest BCUT2D eigenvalue weighted by molar-refractivity contribution is -0.0497. The van der Waals surface area contributed by atoms with Gasteiger partial charge in [0.2, 0.25) is 0 Å². The number of benzene rings is 1. The lowest BCUT2D eigenvalue weighted by Gasteiger charge is -2.08. The number of nitrogens with two attached hydrogens (primary N) is 1. The molecule has 0 aliphatic rings. The fourth-order valence-corrected chi connectivity index (χ4v) is 1.26. The standard InChI is InChI=1S/C10H10ClF2NO/c1-6(5-14)7-2-3-9(8(11)4-7)15-10(12)13/h2-4,10H,1,5,14H2. The zero-order valence-electron chi connectivity index (χ0n) is 7.84. The Bertz CT molecular complexity index is 368. The molecule has 0 radical (unpaired) electrons. The van der Waals surface area contributed by atoms with Gasteiger partial charge in [-0.05, 0) is 23.3 Å². The van der Waals surface area contributed by atoms with Gasteiger partial charge in [0.25, 0.3) is 0 Å². The van der Waals surface area contributed by atoms with E-state index in [-0.39, 0.29) is 17.3 Å². The molecular weight excluding hydrogens is 224 g/mol. The molecule has 1 aromatic carbocycles. The van der Waals surface area contributed by atoms with Gasteiger partial charge >= 0.3 is 6.61 Å². The molecule has 2 N–H and O–H groups in total. The molecular formula is C10H10ClF2NO. The van der Waals surface area contributed by atoms with E-state index in [0.29, 0.717) is 11.1 Å². The number of hydrogen-bond donors (Lipinski definition) is 1. The van der Waals surface area contributed by atoms with Gasteiger partial charge in [0, 0.05) is 6.54 Å². The van der Waals surface area contributed by atoms with Gasteiger partial charge in [-0.15, -0.1) is 0 Å². The van der Waals surface area contributed by atoms with E-state index in [1.807, 2.05) is 0 Å². The maximum atomic E-state index is 11.9. The molecule has 0 aliphatic carbocycles. The monoisotopic (exact) mass is 233 g/mol. The first-order valence-electron chi connectivity index (χ1n) is 4.17. The molecule has 0 spiro atoms. The van der Waals surface area contributed by atoms with Crippen LogP contribution in [0.2, 0.25) is 5.02 Å². The van der Waals surface area contributed by atoms with Crippen LogP contribution in [-0.4, -0.2) is 13.2 Å². The van der Waals surface area contributed by atoms with Gasteiger partial charge < -0.3 is 10.5 Å². The van der Waals surface area contributed by atoms with Gasteiger partial charge in [-0.25, -0.2) is 0 Å². The van der Waals surface area contributed by atoms with E-state index in [9.17, 15) is 8.78 Å². The average molecular weight is 234 g/mol. The molecule has 0 saturated carbocycles. The normalized spacial score (nSPS) is 10.5. The number of alkyl halides is 2. The molecule has 0 unspecified atom stereocenters. The zero-order valence-corrected chi connectivity index (χ0v) is 8.60. The molecule has 82 valence electrons. The molecule has 2 nitrogen and oxygen atoms in total. The molecule has 0 amide bonds. The first kappa shape index (κ1) is 11.9. The van der Waals surface area contributed by atoms with Gasteiger partial charge in [0.05, 0.1) is 5.02 Å². The highest BCUT2D eigenvalue weighted by Crippen LogP contribution is 2.28. The minimum Gasteiger partial charge on any atom is -0.433 e. The van der Waals surface area contributed by atoms with Crippen LogP contribution < -0.4 is 10.5 Å². The maximum Gasteiger partial charge on any atom is 0.387 e. The summed E-state index contributed by atoms with van der Waals surface area (Å²) in [5, 5.41) is 0.113. The van der Waals surface area contributed by atoms with Crippen LogP contribution in [0.15, 0.2) is 24.8 Å². The quantitative estimate of drug-likeness (QED) is 0.868. The van der Waals surface area contributed by atoms with Crippen molar-refractivity contribution in [2.24, 2.45) is 5.73 Å². The van der Waals surface area contributed by atoms with Crippen molar-refractivity contribution in [3.63, 3.8) is 0 Å². The van der Waals surface area contributed by atoms with E-state index in [2.05, 4.69) is 11.3 Å². The Kier molecular flexibility index (Phi) is 4.05. The molecule has 0 aromatic heterocycles. The molecule has 0 bridgehead atoms. The summed E-state index contributed by atoms with van der Waals surface area (Å²) in [6, 6.07) is 4.44. The third-order valence-corrected chi connectivity index (χ3v) is 2.10. The maximum absolute atomic E-state index is 11.9. The van der Waals surface area contributed by atoms with E-state index in [1.165, 1.54) is 12.1 Å². The Labute approximate surface area is 91.3 Å². The Hall–Kier alpha value is -1.13. The highest BCUT2D eigenvalue weighted by Gasteiger charge is 2.09. The number of rotatable bonds is 4. The smallest absolute Gasteiger partial charge is 0.387 e. The van der Waals surface area contributed by atoms with E-state index in [1.54, 1.807) is 6.07 Å². The Morgan fingerprint density at radius 3 is 2.67 bits per heavy atom. The molecule has 1 aromatic rings. The Morgan fingerprint density at radius 1 is 1.53 bits per heavy atom. The predicted molar refractivity (Wildman–Crippen MR) is 56.2 cm³/mol. The lowest BCUT2D eigenvalue weighted by Crippen LogP contribution is -2.04. The van der Waals surface area contributed by atoms with E-state index < -0.39 is 6.61 Å². The van der Waals surface area contributed by atoms with Crippen LogP contribution >= 0.6 is 11.6 Å². The SMILES string of the molecule is C=C(CN)c1ccc(OC(F)F)c(Cl)c1. The van der Waals surface area contributed by atoms with Crippen LogP contribution in [0, 0.1) is 0 Å². The summed E-state index contributed by atoms with van der Waals surface area (Å²) in [5.74, 6) is -0.0553. The molecule has 0 atom stereocenters. The van der Waals surface area contributed by atoms with Crippen molar-refractivity contribution < 1.29 is 13.5 Å². The zero-order chi connectivity index (χ0) is 11.4. The molecule has 0 saturated heterocycles.